The molecule has 5 heteroatoms. The third-order valence-corrected chi connectivity index (χ3v) is 5.51. The van der Waals surface area contributed by atoms with Gasteiger partial charge in [-0.2, -0.15) is 0 Å². The van der Waals surface area contributed by atoms with Crippen LogP contribution in [0, 0.1) is 13.8 Å². The Kier molecular flexibility index (Phi) is 5.09. The maximum Gasteiger partial charge on any atom is 0.336 e. The van der Waals surface area contributed by atoms with Crippen molar-refractivity contribution in [3.8, 4) is 0 Å². The first-order valence-electron chi connectivity index (χ1n) is 7.97. The Bertz CT molecular complexity index is 929. The van der Waals surface area contributed by atoms with Gasteiger partial charge in [-0.15, -0.1) is 11.3 Å². The molecule has 2 aromatic heterocycles. The van der Waals surface area contributed by atoms with Crippen molar-refractivity contribution >= 4 is 33.9 Å². The Morgan fingerprint density at radius 1 is 1.12 bits per heavy atom. The Labute approximate surface area is 150 Å². The molecule has 0 amide bonds. The van der Waals surface area contributed by atoms with Crippen LogP contribution in [-0.2, 0) is 13.1 Å². The maximum absolute atomic E-state index is 11.9. The zero-order valence-corrected chi connectivity index (χ0v) is 15.6. The van der Waals surface area contributed by atoms with Gasteiger partial charge >= 0.3 is 5.63 Å². The number of rotatable bonds is 5. The lowest BCUT2D eigenvalue weighted by atomic mass is 10.0. The molecule has 3 rings (SSSR count). The summed E-state index contributed by atoms with van der Waals surface area (Å²) in [5, 5.41) is 1.01. The lowest BCUT2D eigenvalue weighted by molar-refractivity contribution is 0.274. The van der Waals surface area contributed by atoms with E-state index in [1.54, 1.807) is 17.4 Å². The molecule has 126 valence electrons. The van der Waals surface area contributed by atoms with Crippen LogP contribution >= 0.6 is 22.9 Å². The second-order valence-electron chi connectivity index (χ2n) is 6.03. The van der Waals surface area contributed by atoms with Gasteiger partial charge in [-0.25, -0.2) is 4.79 Å². The highest BCUT2D eigenvalue weighted by atomic mass is 35.5. The van der Waals surface area contributed by atoms with Crippen molar-refractivity contribution in [3.63, 3.8) is 0 Å². The summed E-state index contributed by atoms with van der Waals surface area (Å²) in [7, 11) is 0. The van der Waals surface area contributed by atoms with Crippen LogP contribution in [0.2, 0.25) is 4.34 Å². The topological polar surface area (TPSA) is 33.5 Å². The van der Waals surface area contributed by atoms with Gasteiger partial charge in [0, 0.05) is 29.4 Å². The SMILES string of the molecule is CCN(Cc1ccc(Cl)s1)Cc1cc(=O)oc2cc(C)c(C)cc12. The summed E-state index contributed by atoms with van der Waals surface area (Å²) in [4.78, 5) is 15.5. The molecule has 0 radical (unpaired) electrons. The number of hydrogen-bond acceptors (Lipinski definition) is 4. The van der Waals surface area contributed by atoms with E-state index in [2.05, 4.69) is 30.9 Å². The summed E-state index contributed by atoms with van der Waals surface area (Å²) in [5.74, 6) is 0. The van der Waals surface area contributed by atoms with Crippen molar-refractivity contribution in [2.24, 2.45) is 0 Å². The number of fused-ring (bicyclic) bond motifs is 1. The molecule has 0 aliphatic rings. The van der Waals surface area contributed by atoms with E-state index in [-0.39, 0.29) is 5.63 Å². The number of thiophene rings is 1. The van der Waals surface area contributed by atoms with Gasteiger partial charge in [-0.05, 0) is 61.3 Å². The van der Waals surface area contributed by atoms with Crippen molar-refractivity contribution in [1.29, 1.82) is 0 Å². The number of aryl methyl sites for hydroxylation is 2. The fourth-order valence-electron chi connectivity index (χ4n) is 2.79. The van der Waals surface area contributed by atoms with Crippen LogP contribution < -0.4 is 5.63 Å². The van der Waals surface area contributed by atoms with Gasteiger partial charge in [0.1, 0.15) is 5.58 Å². The van der Waals surface area contributed by atoms with E-state index in [1.165, 1.54) is 10.4 Å². The normalized spacial score (nSPS) is 11.5. The summed E-state index contributed by atoms with van der Waals surface area (Å²) in [6.45, 7) is 8.65. The first-order chi connectivity index (χ1) is 11.5. The third kappa shape index (κ3) is 3.72. The first kappa shape index (κ1) is 17.2. The predicted molar refractivity (Wildman–Crippen MR) is 101 cm³/mol. The molecule has 0 fully saturated rings. The molecule has 3 nitrogen and oxygen atoms in total. The highest BCUT2D eigenvalue weighted by Crippen LogP contribution is 2.25. The summed E-state index contributed by atoms with van der Waals surface area (Å²) >= 11 is 7.62. The van der Waals surface area contributed by atoms with E-state index in [9.17, 15) is 4.79 Å². The molecule has 0 atom stereocenters. The van der Waals surface area contributed by atoms with Crippen molar-refractivity contribution in [3.05, 3.63) is 66.7 Å². The fourth-order valence-corrected chi connectivity index (χ4v) is 3.92. The molecule has 24 heavy (non-hydrogen) atoms. The number of hydrogen-bond donors (Lipinski definition) is 0. The average Bonchev–Trinajstić information content (AvgIpc) is 2.93. The summed E-state index contributed by atoms with van der Waals surface area (Å²) in [6, 6.07) is 9.65. The van der Waals surface area contributed by atoms with Crippen molar-refractivity contribution in [2.75, 3.05) is 6.54 Å². The van der Waals surface area contributed by atoms with Crippen LogP contribution in [0.25, 0.3) is 11.0 Å². The molecule has 2 heterocycles. The highest BCUT2D eigenvalue weighted by Gasteiger charge is 2.12. The Morgan fingerprint density at radius 3 is 2.54 bits per heavy atom. The van der Waals surface area contributed by atoms with E-state index in [4.69, 9.17) is 16.0 Å². The predicted octanol–water partition coefficient (Wildman–Crippen LogP) is 5.15. The van der Waals surface area contributed by atoms with Crippen molar-refractivity contribution in [1.82, 2.24) is 4.90 Å². The Hall–Kier alpha value is -1.62. The minimum atomic E-state index is -0.295. The third-order valence-electron chi connectivity index (χ3n) is 4.29. The van der Waals surface area contributed by atoms with Gasteiger partial charge < -0.3 is 4.42 Å². The lowest BCUT2D eigenvalue weighted by Crippen LogP contribution is -2.22. The minimum Gasteiger partial charge on any atom is -0.423 e. The van der Waals surface area contributed by atoms with Gasteiger partial charge in [0.2, 0.25) is 0 Å². The molecular weight excluding hydrogens is 342 g/mol. The van der Waals surface area contributed by atoms with Gasteiger partial charge in [0.25, 0.3) is 0 Å². The van der Waals surface area contributed by atoms with Gasteiger partial charge in [0.15, 0.2) is 0 Å². The van der Waals surface area contributed by atoms with Crippen LogP contribution in [-0.4, -0.2) is 11.4 Å². The molecule has 0 N–H and O–H groups in total. The molecule has 0 unspecified atom stereocenters. The van der Waals surface area contributed by atoms with Crippen LogP contribution in [0.5, 0.6) is 0 Å². The number of benzene rings is 1. The molecule has 0 aliphatic heterocycles. The van der Waals surface area contributed by atoms with Crippen LogP contribution in [0.3, 0.4) is 0 Å². The largest absolute Gasteiger partial charge is 0.423 e. The standard InChI is InChI=1S/C19H20ClNO2S/c1-4-21(11-15-5-6-18(20)24-15)10-14-9-19(22)23-17-8-13(3)12(2)7-16(14)17/h5-9H,4,10-11H2,1-3H3. The van der Waals surface area contributed by atoms with E-state index in [1.807, 2.05) is 19.1 Å². The second-order valence-corrected chi connectivity index (χ2v) is 7.83. The summed E-state index contributed by atoms with van der Waals surface area (Å²) in [5.41, 5.74) is 3.70. The van der Waals surface area contributed by atoms with Gasteiger partial charge in [0.05, 0.1) is 4.34 Å². The van der Waals surface area contributed by atoms with Crippen LogP contribution in [0.4, 0.5) is 0 Å². The number of halogens is 1. The first-order valence-corrected chi connectivity index (χ1v) is 9.16. The monoisotopic (exact) mass is 361 g/mol. The highest BCUT2D eigenvalue weighted by molar-refractivity contribution is 7.16. The van der Waals surface area contributed by atoms with Crippen LogP contribution in [0.1, 0.15) is 28.5 Å². The van der Waals surface area contributed by atoms with Crippen molar-refractivity contribution in [2.45, 2.75) is 33.9 Å². The zero-order chi connectivity index (χ0) is 17.3. The van der Waals surface area contributed by atoms with E-state index in [0.29, 0.717) is 12.1 Å². The average molecular weight is 362 g/mol. The Balaban J connectivity index is 1.95. The van der Waals surface area contributed by atoms with E-state index < -0.39 is 0 Å². The smallest absolute Gasteiger partial charge is 0.336 e. The quantitative estimate of drug-likeness (QED) is 0.589. The molecule has 0 saturated heterocycles. The molecule has 0 aliphatic carbocycles. The maximum atomic E-state index is 11.9. The molecule has 3 aromatic rings. The summed E-state index contributed by atoms with van der Waals surface area (Å²) in [6.07, 6.45) is 0. The molecule has 1 aromatic carbocycles. The second kappa shape index (κ2) is 7.09. The van der Waals surface area contributed by atoms with E-state index in [0.717, 1.165) is 33.9 Å². The van der Waals surface area contributed by atoms with Gasteiger partial charge in [-0.3, -0.25) is 4.90 Å². The lowest BCUT2D eigenvalue weighted by Gasteiger charge is -2.20. The molecular formula is C19H20ClNO2S. The van der Waals surface area contributed by atoms with Crippen LogP contribution in [0.15, 0.2) is 39.5 Å². The molecule has 0 saturated carbocycles. The minimum absolute atomic E-state index is 0.295. The molecule has 0 bridgehead atoms. The van der Waals surface area contributed by atoms with Crippen molar-refractivity contribution < 1.29 is 4.42 Å². The fraction of sp³-hybridized carbons (Fsp3) is 0.316. The molecule has 0 spiro atoms. The zero-order valence-electron chi connectivity index (χ0n) is 14.1. The van der Waals surface area contributed by atoms with Gasteiger partial charge in [-0.1, -0.05) is 18.5 Å². The number of nitrogens with zero attached hydrogens (tertiary/aromatic N) is 1. The van der Waals surface area contributed by atoms with E-state index >= 15 is 0 Å². The summed E-state index contributed by atoms with van der Waals surface area (Å²) < 4.78 is 6.19. The Morgan fingerprint density at radius 2 is 1.88 bits per heavy atom.